The van der Waals surface area contributed by atoms with Gasteiger partial charge in [-0.1, -0.05) is 18.2 Å². The van der Waals surface area contributed by atoms with Crippen molar-refractivity contribution in [2.45, 2.75) is 19.9 Å². The van der Waals surface area contributed by atoms with Crippen LogP contribution >= 0.6 is 0 Å². The van der Waals surface area contributed by atoms with Crippen LogP contribution in [0.1, 0.15) is 16.8 Å². The summed E-state index contributed by atoms with van der Waals surface area (Å²) in [7, 11) is 0. The molecule has 25 heavy (non-hydrogen) atoms. The Hall–Kier alpha value is -3.15. The number of hydrogen-bond donors (Lipinski definition) is 0. The molecule has 1 amide bonds. The Morgan fingerprint density at radius 1 is 1.20 bits per heavy atom. The van der Waals surface area contributed by atoms with Gasteiger partial charge in [-0.25, -0.2) is 14.4 Å². The largest absolute Gasteiger partial charge is 0.292 e. The molecule has 0 aliphatic carbocycles. The third-order valence-corrected chi connectivity index (χ3v) is 4.22. The number of aryl methyl sites for hydroxylation is 1. The minimum absolute atomic E-state index is 0.0207. The van der Waals surface area contributed by atoms with Crippen LogP contribution in [0.2, 0.25) is 0 Å². The van der Waals surface area contributed by atoms with Gasteiger partial charge in [0, 0.05) is 29.2 Å². The SMILES string of the molecule is Cc1nc(-c2cccc(F)c2)nc2c1CC(=O)N2Cc1cccnc1. The normalized spacial score (nSPS) is 13.2. The van der Waals surface area contributed by atoms with Gasteiger partial charge >= 0.3 is 0 Å². The molecular formula is C19H15FN4O. The first-order valence-corrected chi connectivity index (χ1v) is 7.94. The summed E-state index contributed by atoms with van der Waals surface area (Å²) in [6, 6.07) is 9.90. The molecule has 0 spiro atoms. The topological polar surface area (TPSA) is 59.0 Å². The maximum absolute atomic E-state index is 13.5. The maximum Gasteiger partial charge on any atom is 0.233 e. The van der Waals surface area contributed by atoms with Gasteiger partial charge in [-0.3, -0.25) is 14.7 Å². The summed E-state index contributed by atoms with van der Waals surface area (Å²) in [5.74, 6) is 0.650. The lowest BCUT2D eigenvalue weighted by Crippen LogP contribution is -2.26. The van der Waals surface area contributed by atoms with Crippen molar-refractivity contribution < 1.29 is 9.18 Å². The van der Waals surface area contributed by atoms with Crippen LogP contribution in [0.25, 0.3) is 11.4 Å². The molecule has 124 valence electrons. The van der Waals surface area contributed by atoms with Crippen molar-refractivity contribution in [3.8, 4) is 11.4 Å². The van der Waals surface area contributed by atoms with Crippen molar-refractivity contribution in [3.05, 3.63) is 71.4 Å². The van der Waals surface area contributed by atoms with E-state index >= 15 is 0 Å². The molecule has 0 fully saturated rings. The van der Waals surface area contributed by atoms with Gasteiger partial charge in [-0.05, 0) is 30.7 Å². The van der Waals surface area contributed by atoms with Gasteiger partial charge in [-0.2, -0.15) is 0 Å². The highest BCUT2D eigenvalue weighted by Crippen LogP contribution is 2.32. The Bertz CT molecular complexity index is 959. The number of benzene rings is 1. The average Bonchev–Trinajstić information content (AvgIpc) is 2.92. The van der Waals surface area contributed by atoms with Crippen molar-refractivity contribution in [1.82, 2.24) is 15.0 Å². The van der Waals surface area contributed by atoms with Gasteiger partial charge in [0.15, 0.2) is 5.82 Å². The standard InChI is InChI=1S/C19H15FN4O/c1-12-16-9-17(25)24(11-13-4-3-7-21-10-13)19(16)23-18(22-12)14-5-2-6-15(20)8-14/h2-8,10H,9,11H2,1H3. The number of anilines is 1. The van der Waals surface area contributed by atoms with Crippen molar-refractivity contribution in [1.29, 1.82) is 0 Å². The van der Waals surface area contributed by atoms with E-state index in [4.69, 9.17) is 0 Å². The number of halogens is 1. The van der Waals surface area contributed by atoms with Crippen LogP contribution in [0.5, 0.6) is 0 Å². The summed E-state index contributed by atoms with van der Waals surface area (Å²) in [6.07, 6.45) is 3.70. The number of carbonyl (C=O) groups excluding carboxylic acids is 1. The van der Waals surface area contributed by atoms with Gasteiger partial charge < -0.3 is 0 Å². The van der Waals surface area contributed by atoms with E-state index < -0.39 is 0 Å². The second-order valence-corrected chi connectivity index (χ2v) is 5.96. The molecule has 3 heterocycles. The zero-order chi connectivity index (χ0) is 17.4. The smallest absolute Gasteiger partial charge is 0.233 e. The van der Waals surface area contributed by atoms with Crippen molar-refractivity contribution >= 4 is 11.7 Å². The summed E-state index contributed by atoms with van der Waals surface area (Å²) in [6.45, 7) is 2.25. The third-order valence-electron chi connectivity index (χ3n) is 4.22. The quantitative estimate of drug-likeness (QED) is 0.738. The molecule has 0 radical (unpaired) electrons. The predicted octanol–water partition coefficient (Wildman–Crippen LogP) is 3.08. The molecule has 4 rings (SSSR count). The van der Waals surface area contributed by atoms with E-state index in [1.807, 2.05) is 19.1 Å². The van der Waals surface area contributed by atoms with Crippen molar-refractivity contribution in [3.63, 3.8) is 0 Å². The highest BCUT2D eigenvalue weighted by molar-refractivity contribution is 6.00. The number of nitrogens with zero attached hydrogens (tertiary/aromatic N) is 4. The number of amides is 1. The zero-order valence-corrected chi connectivity index (χ0v) is 13.6. The van der Waals surface area contributed by atoms with Gasteiger partial charge in [0.25, 0.3) is 0 Å². The molecular weight excluding hydrogens is 319 g/mol. The van der Waals surface area contributed by atoms with E-state index in [0.717, 1.165) is 16.8 Å². The average molecular weight is 334 g/mol. The number of fused-ring (bicyclic) bond motifs is 1. The van der Waals surface area contributed by atoms with Crippen LogP contribution in [0.3, 0.4) is 0 Å². The molecule has 0 saturated heterocycles. The van der Waals surface area contributed by atoms with Crippen LogP contribution in [0, 0.1) is 12.7 Å². The lowest BCUT2D eigenvalue weighted by atomic mass is 10.1. The van der Waals surface area contributed by atoms with Crippen molar-refractivity contribution in [2.75, 3.05) is 4.90 Å². The lowest BCUT2D eigenvalue weighted by Gasteiger charge is -2.17. The molecule has 0 N–H and O–H groups in total. The van der Waals surface area contributed by atoms with Crippen LogP contribution in [0.4, 0.5) is 10.2 Å². The molecule has 3 aromatic rings. The number of aromatic nitrogens is 3. The van der Waals surface area contributed by atoms with Gasteiger partial charge in [0.2, 0.25) is 5.91 Å². The number of rotatable bonds is 3. The molecule has 6 heteroatoms. The minimum atomic E-state index is -0.345. The van der Waals surface area contributed by atoms with E-state index in [0.29, 0.717) is 23.8 Å². The van der Waals surface area contributed by atoms with E-state index in [2.05, 4.69) is 15.0 Å². The molecule has 0 atom stereocenters. The summed E-state index contributed by atoms with van der Waals surface area (Å²) < 4.78 is 13.5. The number of hydrogen-bond acceptors (Lipinski definition) is 4. The summed E-state index contributed by atoms with van der Waals surface area (Å²) in [4.78, 5) is 27.2. The summed E-state index contributed by atoms with van der Waals surface area (Å²) in [5, 5.41) is 0. The maximum atomic E-state index is 13.5. The third kappa shape index (κ3) is 2.87. The Labute approximate surface area is 144 Å². The molecule has 0 saturated carbocycles. The Morgan fingerprint density at radius 3 is 2.84 bits per heavy atom. The molecule has 0 unspecified atom stereocenters. The second-order valence-electron chi connectivity index (χ2n) is 5.96. The molecule has 1 aliphatic rings. The Kier molecular flexibility index (Phi) is 3.72. The van der Waals surface area contributed by atoms with E-state index in [9.17, 15) is 9.18 Å². The van der Waals surface area contributed by atoms with Crippen molar-refractivity contribution in [2.24, 2.45) is 0 Å². The van der Waals surface area contributed by atoms with Crippen LogP contribution in [-0.4, -0.2) is 20.9 Å². The first-order valence-electron chi connectivity index (χ1n) is 7.94. The van der Waals surface area contributed by atoms with Gasteiger partial charge in [-0.15, -0.1) is 0 Å². The summed E-state index contributed by atoms with van der Waals surface area (Å²) >= 11 is 0. The monoisotopic (exact) mass is 334 g/mol. The molecule has 1 aromatic carbocycles. The fourth-order valence-electron chi connectivity index (χ4n) is 2.97. The highest BCUT2D eigenvalue weighted by atomic mass is 19.1. The predicted molar refractivity (Wildman–Crippen MR) is 91.3 cm³/mol. The van der Waals surface area contributed by atoms with Gasteiger partial charge in [0.05, 0.1) is 13.0 Å². The molecule has 0 bridgehead atoms. The first kappa shape index (κ1) is 15.4. The van der Waals surface area contributed by atoms with Crippen LogP contribution < -0.4 is 4.90 Å². The Morgan fingerprint density at radius 2 is 2.08 bits per heavy atom. The first-order chi connectivity index (χ1) is 12.1. The van der Waals surface area contributed by atoms with E-state index in [-0.39, 0.29) is 18.1 Å². The second kappa shape index (κ2) is 6.05. The lowest BCUT2D eigenvalue weighted by molar-refractivity contribution is -0.117. The van der Waals surface area contributed by atoms with E-state index in [1.165, 1.54) is 12.1 Å². The fourth-order valence-corrected chi connectivity index (χ4v) is 2.97. The number of pyridine rings is 1. The number of carbonyl (C=O) groups is 1. The highest BCUT2D eigenvalue weighted by Gasteiger charge is 2.31. The summed E-state index contributed by atoms with van der Waals surface area (Å²) in [5.41, 5.74) is 3.08. The van der Waals surface area contributed by atoms with Crippen LogP contribution in [0.15, 0.2) is 48.8 Å². The molecule has 2 aromatic heterocycles. The molecule has 1 aliphatic heterocycles. The van der Waals surface area contributed by atoms with Gasteiger partial charge in [0.1, 0.15) is 11.6 Å². The fraction of sp³-hybridized carbons (Fsp3) is 0.158. The molecule has 5 nitrogen and oxygen atoms in total. The van der Waals surface area contributed by atoms with E-state index in [1.54, 1.807) is 29.4 Å². The minimum Gasteiger partial charge on any atom is -0.292 e. The Balaban J connectivity index is 1.77. The van der Waals surface area contributed by atoms with Crippen LogP contribution in [-0.2, 0) is 17.8 Å². The zero-order valence-electron chi connectivity index (χ0n) is 13.6.